The lowest BCUT2D eigenvalue weighted by atomic mass is 9.75. The molecule has 5 atom stereocenters. The van der Waals surface area contributed by atoms with Crippen molar-refractivity contribution in [2.24, 2.45) is 23.7 Å². The van der Waals surface area contributed by atoms with Gasteiger partial charge in [-0.15, -0.1) is 0 Å². The number of esters is 1. The van der Waals surface area contributed by atoms with E-state index < -0.39 is 0 Å². The fourth-order valence-electron chi connectivity index (χ4n) is 2.89. The smallest absolute Gasteiger partial charge is 0.310 e. The monoisotopic (exact) mass is 302 g/mol. The van der Waals surface area contributed by atoms with Crippen molar-refractivity contribution in [3.05, 3.63) is 0 Å². The van der Waals surface area contributed by atoms with Crippen LogP contribution in [0.4, 0.5) is 0 Å². The average Bonchev–Trinajstić information content (AvgIpc) is 2.95. The van der Waals surface area contributed by atoms with E-state index in [2.05, 4.69) is 36.7 Å². The number of hydrogen-bond acceptors (Lipinski definition) is 2. The molecule has 3 heteroatoms. The van der Waals surface area contributed by atoms with E-state index in [0.717, 1.165) is 12.8 Å². The van der Waals surface area contributed by atoms with Crippen molar-refractivity contribution < 1.29 is 9.53 Å². The van der Waals surface area contributed by atoms with Gasteiger partial charge in [-0.1, -0.05) is 43.1 Å². The Morgan fingerprint density at radius 3 is 2.47 bits per heavy atom. The molecule has 0 saturated heterocycles. The second kappa shape index (κ2) is 5.29. The molecule has 5 unspecified atom stereocenters. The average molecular weight is 303 g/mol. The zero-order chi connectivity index (χ0) is 12.6. The van der Waals surface area contributed by atoms with E-state index in [1.165, 1.54) is 12.8 Å². The van der Waals surface area contributed by atoms with Gasteiger partial charge in [0.15, 0.2) is 0 Å². The van der Waals surface area contributed by atoms with Crippen LogP contribution in [0.3, 0.4) is 0 Å². The van der Waals surface area contributed by atoms with Gasteiger partial charge in [0.25, 0.3) is 0 Å². The number of carbonyl (C=O) groups excluding carboxylic acids is 1. The van der Waals surface area contributed by atoms with Crippen LogP contribution in [0.2, 0.25) is 0 Å². The van der Waals surface area contributed by atoms with Crippen molar-refractivity contribution in [2.75, 3.05) is 0 Å². The molecule has 2 fully saturated rings. The molecule has 0 aromatic rings. The third-order valence-electron chi connectivity index (χ3n) is 4.24. The quantitative estimate of drug-likeness (QED) is 0.586. The summed E-state index contributed by atoms with van der Waals surface area (Å²) in [6.45, 7) is 6.75. The number of halogens is 1. The summed E-state index contributed by atoms with van der Waals surface area (Å²) >= 11 is 3.47. The topological polar surface area (TPSA) is 26.3 Å². The fraction of sp³-hybridized carbons (Fsp3) is 0.929. The number of hydrogen-bond donors (Lipinski definition) is 0. The lowest BCUT2D eigenvalue weighted by Gasteiger charge is -2.36. The minimum atomic E-state index is 0.0247. The standard InChI is InChI=1S/C14H23BrO2/c1-8(2)10-5-4-9(3)6-13(10)17-14(16)11-7-12(11)15/h8-13H,4-7H2,1-3H3. The Bertz CT molecular complexity index is 290. The minimum Gasteiger partial charge on any atom is -0.462 e. The second-order valence-electron chi connectivity index (χ2n) is 6.16. The molecule has 0 bridgehead atoms. The van der Waals surface area contributed by atoms with E-state index in [1.807, 2.05) is 0 Å². The second-order valence-corrected chi connectivity index (χ2v) is 7.34. The maximum absolute atomic E-state index is 11.9. The van der Waals surface area contributed by atoms with Gasteiger partial charge in [-0.25, -0.2) is 0 Å². The molecule has 2 rings (SSSR count). The molecule has 2 aliphatic rings. The summed E-state index contributed by atoms with van der Waals surface area (Å²) in [5.41, 5.74) is 0. The highest BCUT2D eigenvalue weighted by molar-refractivity contribution is 9.09. The number of rotatable bonds is 3. The molecular weight excluding hydrogens is 280 g/mol. The first-order chi connectivity index (χ1) is 7.99. The van der Waals surface area contributed by atoms with Gasteiger partial charge >= 0.3 is 5.97 Å². The zero-order valence-electron chi connectivity index (χ0n) is 11.0. The molecule has 0 amide bonds. The van der Waals surface area contributed by atoms with Gasteiger partial charge in [-0.3, -0.25) is 4.79 Å². The van der Waals surface area contributed by atoms with Crippen LogP contribution in [0, 0.1) is 23.7 Å². The van der Waals surface area contributed by atoms with Crippen LogP contribution in [0.5, 0.6) is 0 Å². The minimum absolute atomic E-state index is 0.0247. The van der Waals surface area contributed by atoms with Gasteiger partial charge in [-0.05, 0) is 37.0 Å². The summed E-state index contributed by atoms with van der Waals surface area (Å²) in [6.07, 6.45) is 4.65. The number of ether oxygens (including phenoxy) is 1. The van der Waals surface area contributed by atoms with Gasteiger partial charge in [-0.2, -0.15) is 0 Å². The molecule has 17 heavy (non-hydrogen) atoms. The summed E-state index contributed by atoms with van der Waals surface area (Å²) < 4.78 is 5.76. The molecule has 2 saturated carbocycles. The Morgan fingerprint density at radius 2 is 1.94 bits per heavy atom. The number of alkyl halides is 1. The van der Waals surface area contributed by atoms with Crippen LogP contribution in [0.1, 0.15) is 46.5 Å². The fourth-order valence-corrected chi connectivity index (χ4v) is 3.51. The molecule has 0 aliphatic heterocycles. The van der Waals surface area contributed by atoms with E-state index in [9.17, 15) is 4.79 Å². The van der Waals surface area contributed by atoms with E-state index >= 15 is 0 Å². The van der Waals surface area contributed by atoms with E-state index in [0.29, 0.717) is 22.6 Å². The first-order valence-corrected chi connectivity index (χ1v) is 7.75. The molecule has 98 valence electrons. The summed E-state index contributed by atoms with van der Waals surface area (Å²) in [7, 11) is 0. The predicted molar refractivity (Wildman–Crippen MR) is 72.0 cm³/mol. The Hall–Kier alpha value is -0.0500. The van der Waals surface area contributed by atoms with E-state index in [1.54, 1.807) is 0 Å². The highest BCUT2D eigenvalue weighted by Gasteiger charge is 2.44. The predicted octanol–water partition coefficient (Wildman–Crippen LogP) is 3.77. The molecule has 0 aromatic carbocycles. The van der Waals surface area contributed by atoms with Gasteiger partial charge in [0.1, 0.15) is 6.10 Å². The zero-order valence-corrected chi connectivity index (χ0v) is 12.6. The van der Waals surface area contributed by atoms with Gasteiger partial charge in [0, 0.05) is 4.83 Å². The lowest BCUT2D eigenvalue weighted by Crippen LogP contribution is -2.36. The maximum Gasteiger partial charge on any atom is 0.310 e. The molecule has 0 spiro atoms. The third kappa shape index (κ3) is 3.24. The Morgan fingerprint density at radius 1 is 1.29 bits per heavy atom. The molecule has 2 nitrogen and oxygen atoms in total. The summed E-state index contributed by atoms with van der Waals surface area (Å²) in [6, 6.07) is 0. The lowest BCUT2D eigenvalue weighted by molar-refractivity contribution is -0.157. The maximum atomic E-state index is 11.9. The van der Waals surface area contributed by atoms with Gasteiger partial charge in [0.05, 0.1) is 5.92 Å². The van der Waals surface area contributed by atoms with Crippen LogP contribution in [0.25, 0.3) is 0 Å². The van der Waals surface area contributed by atoms with Crippen LogP contribution in [-0.4, -0.2) is 16.9 Å². The van der Waals surface area contributed by atoms with Gasteiger partial charge < -0.3 is 4.74 Å². The molecule has 0 N–H and O–H groups in total. The van der Waals surface area contributed by atoms with E-state index in [-0.39, 0.29) is 18.0 Å². The highest BCUT2D eigenvalue weighted by Crippen LogP contribution is 2.41. The molecule has 0 radical (unpaired) electrons. The molecule has 0 aromatic heterocycles. The van der Waals surface area contributed by atoms with Crippen molar-refractivity contribution in [1.82, 2.24) is 0 Å². The summed E-state index contributed by atoms with van der Waals surface area (Å²) in [5, 5.41) is 0. The van der Waals surface area contributed by atoms with E-state index in [4.69, 9.17) is 4.74 Å². The normalized spacial score (nSPS) is 41.4. The SMILES string of the molecule is CC1CCC(C(C)C)C(OC(=O)C2CC2Br)C1. The van der Waals surface area contributed by atoms with Crippen LogP contribution >= 0.6 is 15.9 Å². The first-order valence-electron chi connectivity index (χ1n) is 6.83. The largest absolute Gasteiger partial charge is 0.462 e. The van der Waals surface area contributed by atoms with Crippen molar-refractivity contribution in [3.8, 4) is 0 Å². The van der Waals surface area contributed by atoms with Crippen molar-refractivity contribution in [2.45, 2.75) is 57.4 Å². The van der Waals surface area contributed by atoms with Crippen LogP contribution in [-0.2, 0) is 9.53 Å². The summed E-state index contributed by atoms with van der Waals surface area (Å²) in [4.78, 5) is 12.3. The first kappa shape index (κ1) is 13.4. The Balaban J connectivity index is 1.92. The summed E-state index contributed by atoms with van der Waals surface area (Å²) in [5.74, 6) is 2.01. The molecule has 0 heterocycles. The highest BCUT2D eigenvalue weighted by atomic mass is 79.9. The third-order valence-corrected chi connectivity index (χ3v) is 5.26. The van der Waals surface area contributed by atoms with Crippen molar-refractivity contribution >= 4 is 21.9 Å². The molecule has 2 aliphatic carbocycles. The Labute approximate surface area is 113 Å². The van der Waals surface area contributed by atoms with Crippen LogP contribution in [0.15, 0.2) is 0 Å². The van der Waals surface area contributed by atoms with Gasteiger partial charge in [0.2, 0.25) is 0 Å². The van der Waals surface area contributed by atoms with Crippen molar-refractivity contribution in [1.29, 1.82) is 0 Å². The van der Waals surface area contributed by atoms with Crippen molar-refractivity contribution in [3.63, 3.8) is 0 Å². The number of carbonyl (C=O) groups is 1. The Kier molecular flexibility index (Phi) is 4.17. The van der Waals surface area contributed by atoms with Crippen LogP contribution < -0.4 is 0 Å². The molecular formula is C14H23BrO2.